The molecule has 92 valence electrons. The molecule has 0 saturated carbocycles. The van der Waals surface area contributed by atoms with Gasteiger partial charge in [0, 0.05) is 18.3 Å². The molecule has 0 aliphatic carbocycles. The average Bonchev–Trinajstić information content (AvgIpc) is 3.00. The van der Waals surface area contributed by atoms with Crippen LogP contribution in [-0.4, -0.2) is 15.1 Å². The van der Waals surface area contributed by atoms with E-state index in [-0.39, 0.29) is 0 Å². The molecule has 1 aliphatic heterocycles. The second-order valence-electron chi connectivity index (χ2n) is 4.84. The topological polar surface area (TPSA) is 29.7 Å². The molecule has 0 fully saturated rings. The zero-order valence-electron chi connectivity index (χ0n) is 10.7. The van der Waals surface area contributed by atoms with Crippen LogP contribution in [0.25, 0.3) is 5.65 Å². The molecule has 0 spiro atoms. The summed E-state index contributed by atoms with van der Waals surface area (Å²) in [6.45, 7) is 2.10. The quantitative estimate of drug-likeness (QED) is 0.648. The minimum absolute atomic E-state index is 0.876. The number of pyridine rings is 1. The molecular weight excluding hydrogens is 234 g/mol. The SMILES string of the molecule is Cc1c(C2=Nc3ccccc3C2)nc2ccccn12. The molecule has 0 radical (unpaired) electrons. The largest absolute Gasteiger partial charge is 0.304 e. The Balaban J connectivity index is 1.87. The van der Waals surface area contributed by atoms with Crippen LogP contribution in [-0.2, 0) is 6.42 Å². The van der Waals surface area contributed by atoms with Gasteiger partial charge in [0.05, 0.1) is 11.4 Å². The number of hydrogen-bond acceptors (Lipinski definition) is 2. The second-order valence-corrected chi connectivity index (χ2v) is 4.84. The van der Waals surface area contributed by atoms with Crippen molar-refractivity contribution >= 4 is 17.0 Å². The molecule has 3 heteroatoms. The maximum absolute atomic E-state index is 4.72. The first kappa shape index (κ1) is 10.5. The van der Waals surface area contributed by atoms with Crippen molar-refractivity contribution in [1.82, 2.24) is 9.38 Å². The summed E-state index contributed by atoms with van der Waals surface area (Å²) < 4.78 is 2.11. The first-order chi connectivity index (χ1) is 9.33. The van der Waals surface area contributed by atoms with Crippen LogP contribution in [0, 0.1) is 6.92 Å². The van der Waals surface area contributed by atoms with Crippen LogP contribution < -0.4 is 0 Å². The highest BCUT2D eigenvalue weighted by atomic mass is 15.0. The van der Waals surface area contributed by atoms with E-state index in [0.29, 0.717) is 0 Å². The van der Waals surface area contributed by atoms with Crippen molar-refractivity contribution in [2.45, 2.75) is 13.3 Å². The van der Waals surface area contributed by atoms with Crippen molar-refractivity contribution in [2.75, 3.05) is 0 Å². The van der Waals surface area contributed by atoms with Gasteiger partial charge < -0.3 is 4.40 Å². The van der Waals surface area contributed by atoms with E-state index in [0.717, 1.165) is 34.9 Å². The Morgan fingerprint density at radius 3 is 2.74 bits per heavy atom. The van der Waals surface area contributed by atoms with Gasteiger partial charge in [-0.1, -0.05) is 24.3 Å². The summed E-state index contributed by atoms with van der Waals surface area (Å²) in [6.07, 6.45) is 2.92. The van der Waals surface area contributed by atoms with Crippen LogP contribution in [0.5, 0.6) is 0 Å². The predicted octanol–water partition coefficient (Wildman–Crippen LogP) is 3.32. The molecule has 0 unspecified atom stereocenters. The first-order valence-electron chi connectivity index (χ1n) is 6.42. The predicted molar refractivity (Wildman–Crippen MR) is 76.3 cm³/mol. The zero-order valence-corrected chi connectivity index (χ0v) is 10.7. The van der Waals surface area contributed by atoms with Gasteiger partial charge in [-0.15, -0.1) is 0 Å². The molecule has 0 amide bonds. The van der Waals surface area contributed by atoms with Crippen LogP contribution in [0.2, 0.25) is 0 Å². The first-order valence-corrected chi connectivity index (χ1v) is 6.42. The summed E-state index contributed by atoms with van der Waals surface area (Å²) >= 11 is 0. The van der Waals surface area contributed by atoms with Gasteiger partial charge in [-0.05, 0) is 30.7 Å². The number of aromatic nitrogens is 2. The molecule has 0 bridgehead atoms. The van der Waals surface area contributed by atoms with Gasteiger partial charge in [0.25, 0.3) is 0 Å². The van der Waals surface area contributed by atoms with Crippen molar-refractivity contribution in [3.8, 4) is 0 Å². The van der Waals surface area contributed by atoms with Crippen molar-refractivity contribution < 1.29 is 0 Å². The summed E-state index contributed by atoms with van der Waals surface area (Å²) in [5.74, 6) is 0. The summed E-state index contributed by atoms with van der Waals surface area (Å²) in [5, 5.41) is 0. The number of para-hydroxylation sites is 1. The van der Waals surface area contributed by atoms with E-state index in [1.165, 1.54) is 5.56 Å². The third-order valence-corrected chi connectivity index (χ3v) is 3.65. The van der Waals surface area contributed by atoms with Crippen molar-refractivity contribution in [3.63, 3.8) is 0 Å². The number of imidazole rings is 1. The molecule has 3 heterocycles. The lowest BCUT2D eigenvalue weighted by molar-refractivity contribution is 1.11. The Morgan fingerprint density at radius 1 is 1.05 bits per heavy atom. The third kappa shape index (κ3) is 1.51. The molecule has 1 aromatic carbocycles. The summed E-state index contributed by atoms with van der Waals surface area (Å²) in [7, 11) is 0. The van der Waals surface area contributed by atoms with Crippen LogP contribution in [0.3, 0.4) is 0 Å². The van der Waals surface area contributed by atoms with E-state index in [1.54, 1.807) is 0 Å². The van der Waals surface area contributed by atoms with Gasteiger partial charge in [0.1, 0.15) is 11.3 Å². The number of hydrogen-bond donors (Lipinski definition) is 0. The molecule has 0 saturated heterocycles. The van der Waals surface area contributed by atoms with Crippen LogP contribution in [0.4, 0.5) is 5.69 Å². The van der Waals surface area contributed by atoms with Crippen molar-refractivity contribution in [3.05, 3.63) is 65.6 Å². The Morgan fingerprint density at radius 2 is 1.89 bits per heavy atom. The zero-order chi connectivity index (χ0) is 12.8. The fourth-order valence-electron chi connectivity index (χ4n) is 2.66. The molecule has 1 aliphatic rings. The molecule has 0 N–H and O–H groups in total. The van der Waals surface area contributed by atoms with Gasteiger partial charge in [0.15, 0.2) is 0 Å². The minimum atomic E-state index is 0.876. The van der Waals surface area contributed by atoms with E-state index in [4.69, 9.17) is 9.98 Å². The number of benzene rings is 1. The fourth-order valence-corrected chi connectivity index (χ4v) is 2.66. The number of aryl methyl sites for hydroxylation is 1. The number of nitrogens with zero attached hydrogens (tertiary/aromatic N) is 3. The second kappa shape index (κ2) is 3.79. The Bertz CT molecular complexity index is 812. The molecule has 3 aromatic rings. The van der Waals surface area contributed by atoms with Gasteiger partial charge in [-0.3, -0.25) is 4.99 Å². The summed E-state index contributed by atoms with van der Waals surface area (Å²) in [6, 6.07) is 14.4. The highest BCUT2D eigenvalue weighted by Gasteiger charge is 2.20. The lowest BCUT2D eigenvalue weighted by Gasteiger charge is -1.98. The standard InChI is InChI=1S/C16H13N3/c1-11-16(18-15-8-4-5-9-19(11)15)14-10-12-6-2-3-7-13(12)17-14/h2-9H,10H2,1H3. The molecule has 2 aromatic heterocycles. The smallest absolute Gasteiger partial charge is 0.137 e. The lowest BCUT2D eigenvalue weighted by atomic mass is 10.1. The van der Waals surface area contributed by atoms with Gasteiger partial charge >= 0.3 is 0 Å². The fraction of sp³-hybridized carbons (Fsp3) is 0.125. The number of aliphatic imine (C=N–C) groups is 1. The summed E-state index contributed by atoms with van der Waals surface area (Å²) in [5.41, 5.74) is 6.59. The third-order valence-electron chi connectivity index (χ3n) is 3.65. The Labute approximate surface area is 111 Å². The number of rotatable bonds is 1. The van der Waals surface area contributed by atoms with Crippen LogP contribution in [0.15, 0.2) is 53.7 Å². The maximum Gasteiger partial charge on any atom is 0.137 e. The van der Waals surface area contributed by atoms with E-state index < -0.39 is 0 Å². The van der Waals surface area contributed by atoms with Gasteiger partial charge in [-0.2, -0.15) is 0 Å². The average molecular weight is 247 g/mol. The molecule has 3 nitrogen and oxygen atoms in total. The highest BCUT2D eigenvalue weighted by Crippen LogP contribution is 2.29. The highest BCUT2D eigenvalue weighted by molar-refractivity contribution is 6.06. The van der Waals surface area contributed by atoms with Crippen LogP contribution in [0.1, 0.15) is 17.0 Å². The Hall–Kier alpha value is -2.42. The minimum Gasteiger partial charge on any atom is -0.304 e. The molecular formula is C16H13N3. The maximum atomic E-state index is 4.72. The van der Waals surface area contributed by atoms with Gasteiger partial charge in [-0.25, -0.2) is 4.98 Å². The van der Waals surface area contributed by atoms with Crippen LogP contribution >= 0.6 is 0 Å². The lowest BCUT2D eigenvalue weighted by Crippen LogP contribution is -2.03. The normalized spacial score (nSPS) is 13.6. The van der Waals surface area contributed by atoms with Crippen molar-refractivity contribution in [2.24, 2.45) is 4.99 Å². The molecule has 4 rings (SSSR count). The monoisotopic (exact) mass is 247 g/mol. The van der Waals surface area contributed by atoms with Crippen molar-refractivity contribution in [1.29, 1.82) is 0 Å². The molecule has 0 atom stereocenters. The Kier molecular flexibility index (Phi) is 2.09. The summed E-state index contributed by atoms with van der Waals surface area (Å²) in [4.78, 5) is 9.43. The molecule has 19 heavy (non-hydrogen) atoms. The van der Waals surface area contributed by atoms with E-state index in [1.807, 2.05) is 30.5 Å². The van der Waals surface area contributed by atoms with E-state index in [9.17, 15) is 0 Å². The number of fused-ring (bicyclic) bond motifs is 2. The van der Waals surface area contributed by atoms with E-state index >= 15 is 0 Å². The van der Waals surface area contributed by atoms with E-state index in [2.05, 4.69) is 29.5 Å². The van der Waals surface area contributed by atoms with Gasteiger partial charge in [0.2, 0.25) is 0 Å².